The Labute approximate surface area is 148 Å². The molecular weight excluding hydrogens is 304 g/mol. The maximum absolute atomic E-state index is 2.61. The van der Waals surface area contributed by atoms with Crippen LogP contribution < -0.4 is 0 Å². The molecule has 0 aromatic rings. The van der Waals surface area contributed by atoms with E-state index < -0.39 is 0 Å². The Bertz CT molecular complexity index is 351. The Morgan fingerprint density at radius 3 is 1.91 bits per heavy atom. The lowest BCUT2D eigenvalue weighted by Gasteiger charge is -2.28. The normalized spacial score (nSPS) is 21.2. The van der Waals surface area contributed by atoms with Crippen molar-refractivity contribution in [2.45, 2.75) is 79.2 Å². The molecule has 2 atom stereocenters. The van der Waals surface area contributed by atoms with Crippen LogP contribution in [-0.2, 0) is 0 Å². The summed E-state index contributed by atoms with van der Waals surface area (Å²) in [6.45, 7) is 19.1. The van der Waals surface area contributed by atoms with Gasteiger partial charge >= 0.3 is 0 Å². The maximum atomic E-state index is 2.61. The first-order chi connectivity index (χ1) is 9.98. The van der Waals surface area contributed by atoms with Gasteiger partial charge in [-0.15, -0.1) is 23.5 Å². The van der Waals surface area contributed by atoms with Gasteiger partial charge in [0.25, 0.3) is 0 Å². The zero-order chi connectivity index (χ0) is 17.0. The molecule has 1 fully saturated rings. The number of rotatable bonds is 6. The molecule has 22 heavy (non-hydrogen) atoms. The fraction of sp³-hybridized carbons (Fsp3) is 0.900. The van der Waals surface area contributed by atoms with Crippen LogP contribution in [0.3, 0.4) is 0 Å². The van der Waals surface area contributed by atoms with E-state index in [1.165, 1.54) is 30.8 Å². The topological polar surface area (TPSA) is 0 Å². The molecule has 0 radical (unpaired) electrons. The Hall–Kier alpha value is 0.440. The number of hydrogen-bond acceptors (Lipinski definition) is 2. The summed E-state index contributed by atoms with van der Waals surface area (Å²) in [5.74, 6) is 4.15. The molecule has 0 amide bonds. The minimum atomic E-state index is 0.420. The van der Waals surface area contributed by atoms with Crippen molar-refractivity contribution >= 4 is 23.5 Å². The van der Waals surface area contributed by atoms with Crippen molar-refractivity contribution in [3.05, 3.63) is 11.6 Å². The van der Waals surface area contributed by atoms with Gasteiger partial charge in [-0.05, 0) is 47.5 Å². The predicted octanol–water partition coefficient (Wildman–Crippen LogP) is 7.25. The molecule has 2 heteroatoms. The van der Waals surface area contributed by atoms with Crippen LogP contribution in [0.5, 0.6) is 0 Å². The Kier molecular flexibility index (Phi) is 7.93. The number of allylic oxidation sites excluding steroid dienone is 1. The van der Waals surface area contributed by atoms with Gasteiger partial charge in [-0.1, -0.05) is 61.5 Å². The molecule has 0 aromatic carbocycles. The van der Waals surface area contributed by atoms with Crippen molar-refractivity contribution in [3.63, 3.8) is 0 Å². The van der Waals surface area contributed by atoms with Gasteiger partial charge in [0.1, 0.15) is 0 Å². The van der Waals surface area contributed by atoms with E-state index in [-0.39, 0.29) is 0 Å². The first kappa shape index (κ1) is 20.5. The highest BCUT2D eigenvalue weighted by molar-refractivity contribution is 8.20. The standard InChI is InChI=1S/C20H38S2/c1-15(13-19(3,4)5)9-10-17(18-21-11-12-22-18)16(2)14-20(6,7)8/h10,15-16,18H,9,11-14H2,1-8H3. The third-order valence-electron chi connectivity index (χ3n) is 4.10. The number of hydrogen-bond donors (Lipinski definition) is 0. The minimum absolute atomic E-state index is 0.420. The molecular formula is C20H38S2. The van der Waals surface area contributed by atoms with Crippen molar-refractivity contribution in [1.82, 2.24) is 0 Å². The fourth-order valence-corrected chi connectivity index (χ4v) is 6.79. The SMILES string of the molecule is CC(CC=C(C(C)CC(C)(C)C)C1SCCS1)CC(C)(C)C. The lowest BCUT2D eigenvalue weighted by Crippen LogP contribution is -2.17. The third-order valence-corrected chi connectivity index (χ3v) is 7.20. The fourth-order valence-electron chi connectivity index (χ4n) is 3.58. The summed E-state index contributed by atoms with van der Waals surface area (Å²) in [6.07, 6.45) is 6.47. The average Bonchev–Trinajstić information content (AvgIpc) is 2.77. The van der Waals surface area contributed by atoms with Crippen LogP contribution in [0.4, 0.5) is 0 Å². The van der Waals surface area contributed by atoms with Gasteiger partial charge in [-0.2, -0.15) is 0 Å². The van der Waals surface area contributed by atoms with E-state index in [0.717, 1.165) is 10.5 Å². The first-order valence-electron chi connectivity index (χ1n) is 8.91. The summed E-state index contributed by atoms with van der Waals surface area (Å²) in [5, 5.41) is 0. The van der Waals surface area contributed by atoms with E-state index in [4.69, 9.17) is 0 Å². The lowest BCUT2D eigenvalue weighted by atomic mass is 9.81. The van der Waals surface area contributed by atoms with E-state index in [9.17, 15) is 0 Å². The minimum Gasteiger partial charge on any atom is -0.142 e. The monoisotopic (exact) mass is 342 g/mol. The third kappa shape index (κ3) is 8.34. The van der Waals surface area contributed by atoms with E-state index in [2.05, 4.69) is 85.0 Å². The Balaban J connectivity index is 2.74. The van der Waals surface area contributed by atoms with Crippen LogP contribution in [0.1, 0.15) is 74.7 Å². The van der Waals surface area contributed by atoms with Crippen molar-refractivity contribution < 1.29 is 0 Å². The lowest BCUT2D eigenvalue weighted by molar-refractivity contribution is 0.306. The Morgan fingerprint density at radius 1 is 0.955 bits per heavy atom. The molecule has 0 aromatic heterocycles. The molecule has 1 rings (SSSR count). The van der Waals surface area contributed by atoms with Crippen molar-refractivity contribution in [2.75, 3.05) is 11.5 Å². The summed E-state index contributed by atoms with van der Waals surface area (Å²) in [4.78, 5) is 0. The van der Waals surface area contributed by atoms with Crippen LogP contribution >= 0.6 is 23.5 Å². The van der Waals surface area contributed by atoms with Crippen molar-refractivity contribution in [1.29, 1.82) is 0 Å². The quantitative estimate of drug-likeness (QED) is 0.466. The second-order valence-electron chi connectivity index (χ2n) is 9.55. The van der Waals surface area contributed by atoms with Crippen LogP contribution in [0.25, 0.3) is 0 Å². The smallest absolute Gasteiger partial charge is 0.0714 e. The van der Waals surface area contributed by atoms with E-state index >= 15 is 0 Å². The van der Waals surface area contributed by atoms with Crippen LogP contribution in [0.2, 0.25) is 0 Å². The second kappa shape index (κ2) is 8.51. The van der Waals surface area contributed by atoms with Gasteiger partial charge in [0.05, 0.1) is 4.58 Å². The molecule has 2 unspecified atom stereocenters. The highest BCUT2D eigenvalue weighted by atomic mass is 32.2. The molecule has 0 aliphatic carbocycles. The summed E-state index contributed by atoms with van der Waals surface area (Å²) in [7, 11) is 0. The predicted molar refractivity (Wildman–Crippen MR) is 108 cm³/mol. The zero-order valence-corrected chi connectivity index (χ0v) is 17.8. The molecule has 1 heterocycles. The zero-order valence-electron chi connectivity index (χ0n) is 16.2. The van der Waals surface area contributed by atoms with Gasteiger partial charge < -0.3 is 0 Å². The van der Waals surface area contributed by atoms with Gasteiger partial charge in [0.2, 0.25) is 0 Å². The highest BCUT2D eigenvalue weighted by Gasteiger charge is 2.27. The van der Waals surface area contributed by atoms with Gasteiger partial charge in [0.15, 0.2) is 0 Å². The summed E-state index contributed by atoms with van der Waals surface area (Å²) >= 11 is 4.33. The molecule has 1 saturated heterocycles. The molecule has 0 saturated carbocycles. The summed E-state index contributed by atoms with van der Waals surface area (Å²) in [6, 6.07) is 0. The molecule has 0 N–H and O–H groups in total. The largest absolute Gasteiger partial charge is 0.142 e. The highest BCUT2D eigenvalue weighted by Crippen LogP contribution is 2.43. The Morgan fingerprint density at radius 2 is 1.45 bits per heavy atom. The van der Waals surface area contributed by atoms with Crippen LogP contribution in [-0.4, -0.2) is 16.1 Å². The van der Waals surface area contributed by atoms with E-state index in [0.29, 0.717) is 16.7 Å². The maximum Gasteiger partial charge on any atom is 0.0714 e. The second-order valence-corrected chi connectivity index (χ2v) is 12.3. The van der Waals surface area contributed by atoms with Gasteiger partial charge in [-0.25, -0.2) is 0 Å². The van der Waals surface area contributed by atoms with E-state index in [1.54, 1.807) is 5.57 Å². The van der Waals surface area contributed by atoms with E-state index in [1.807, 2.05) is 0 Å². The van der Waals surface area contributed by atoms with Gasteiger partial charge in [-0.3, -0.25) is 0 Å². The molecule has 0 nitrogen and oxygen atoms in total. The summed E-state index contributed by atoms with van der Waals surface area (Å²) in [5.41, 5.74) is 2.59. The first-order valence-corrected chi connectivity index (χ1v) is 11.0. The average molecular weight is 343 g/mol. The van der Waals surface area contributed by atoms with Crippen LogP contribution in [0.15, 0.2) is 11.6 Å². The molecule has 0 bridgehead atoms. The number of thioether (sulfide) groups is 2. The molecule has 1 aliphatic rings. The van der Waals surface area contributed by atoms with Crippen molar-refractivity contribution in [3.8, 4) is 0 Å². The van der Waals surface area contributed by atoms with Gasteiger partial charge in [0, 0.05) is 11.5 Å². The molecule has 1 aliphatic heterocycles. The summed E-state index contributed by atoms with van der Waals surface area (Å²) < 4.78 is 0.721. The van der Waals surface area contributed by atoms with Crippen LogP contribution in [0, 0.1) is 22.7 Å². The molecule has 130 valence electrons. The van der Waals surface area contributed by atoms with Crippen molar-refractivity contribution in [2.24, 2.45) is 22.7 Å². The molecule has 0 spiro atoms.